The number of hydrogen-bond donors (Lipinski definition) is 0. The lowest BCUT2D eigenvalue weighted by Gasteiger charge is -1.90. The molecule has 2 nitrogen and oxygen atoms in total. The fraction of sp³-hybridized carbons (Fsp3) is 0.250. The molecule has 0 atom stereocenters. The van der Waals surface area contributed by atoms with E-state index >= 15 is 0 Å². The molecule has 0 bridgehead atoms. The molecule has 4 heteroatoms. The second kappa shape index (κ2) is 3.75. The Kier molecular flexibility index (Phi) is 3.65. The maximum Gasteiger partial charge on any atom is 0.350 e. The van der Waals surface area contributed by atoms with E-state index in [1.165, 1.54) is 7.11 Å². The number of ether oxygens (including phenoxy) is 1. The van der Waals surface area contributed by atoms with Crippen LogP contribution in [0.25, 0.3) is 0 Å². The fourth-order valence-electron chi connectivity index (χ4n) is 0.142. The van der Waals surface area contributed by atoms with Gasteiger partial charge in [0.1, 0.15) is 5.03 Å². The molecule has 0 rings (SSSR count). The molecule has 0 aromatic heterocycles. The van der Waals surface area contributed by atoms with E-state index in [9.17, 15) is 4.79 Å². The van der Waals surface area contributed by atoms with E-state index < -0.39 is 5.97 Å². The number of carbonyl (C=O) groups excluding carboxylic acids is 1. The minimum atomic E-state index is -0.623. The van der Waals surface area contributed by atoms with Gasteiger partial charge in [0.05, 0.1) is 7.11 Å². The van der Waals surface area contributed by atoms with Crippen molar-refractivity contribution in [1.29, 1.82) is 0 Å². The van der Waals surface area contributed by atoms with Crippen LogP contribution in [0.15, 0.2) is 10.6 Å². The Hall–Kier alpha value is -0.210. The molecule has 0 aliphatic carbocycles. The van der Waals surface area contributed by atoms with Crippen molar-refractivity contribution in [3.63, 3.8) is 0 Å². The van der Waals surface area contributed by atoms with E-state index in [4.69, 9.17) is 23.2 Å². The van der Waals surface area contributed by atoms with E-state index in [1.54, 1.807) is 0 Å². The highest BCUT2D eigenvalue weighted by molar-refractivity contribution is 6.45. The largest absolute Gasteiger partial charge is 0.465 e. The van der Waals surface area contributed by atoms with Crippen LogP contribution in [0.5, 0.6) is 0 Å². The van der Waals surface area contributed by atoms with Gasteiger partial charge in [-0.2, -0.15) is 0 Å². The van der Waals surface area contributed by atoms with Gasteiger partial charge in [-0.1, -0.05) is 23.2 Å². The molecule has 0 amide bonds. The Bertz CT molecular complexity index is 119. The smallest absolute Gasteiger partial charge is 0.350 e. The molecule has 0 aliphatic heterocycles. The van der Waals surface area contributed by atoms with Crippen molar-refractivity contribution < 1.29 is 9.53 Å². The van der Waals surface area contributed by atoms with Gasteiger partial charge in [-0.15, -0.1) is 0 Å². The third-order valence-corrected chi connectivity index (χ3v) is 1.07. The molecule has 0 aromatic carbocycles. The minimum absolute atomic E-state index is 0.117. The van der Waals surface area contributed by atoms with Gasteiger partial charge >= 0.3 is 5.97 Å². The molecule has 0 N–H and O–H groups in total. The number of rotatable bonds is 1. The summed E-state index contributed by atoms with van der Waals surface area (Å²) in [5.74, 6) is -0.623. The zero-order valence-corrected chi connectivity index (χ0v) is 5.66. The minimum Gasteiger partial charge on any atom is -0.465 e. The van der Waals surface area contributed by atoms with Crippen LogP contribution in [0.3, 0.4) is 0 Å². The third-order valence-electron chi connectivity index (χ3n) is 0.476. The molecule has 0 saturated carbocycles. The quantitative estimate of drug-likeness (QED) is 0.423. The standard InChI is InChI=1S/C4H4Cl2O2/c1-8-4(7)3(6)2-5/h2H,1H3/b3-2-. The van der Waals surface area contributed by atoms with E-state index in [2.05, 4.69) is 4.74 Å². The second-order valence-electron chi connectivity index (χ2n) is 0.949. The molecule has 0 radical (unpaired) electrons. The molecular formula is C4H4Cl2O2. The van der Waals surface area contributed by atoms with Crippen molar-refractivity contribution in [1.82, 2.24) is 0 Å². The number of halogens is 2. The molecule has 0 unspecified atom stereocenters. The van der Waals surface area contributed by atoms with Crippen molar-refractivity contribution in [3.05, 3.63) is 10.6 Å². The number of hydrogen-bond acceptors (Lipinski definition) is 2. The van der Waals surface area contributed by atoms with Gasteiger partial charge in [0.2, 0.25) is 0 Å². The highest BCUT2D eigenvalue weighted by Gasteiger charge is 2.02. The Balaban J connectivity index is 3.83. The molecule has 0 fully saturated rings. The highest BCUT2D eigenvalue weighted by Crippen LogP contribution is 2.03. The van der Waals surface area contributed by atoms with Crippen molar-refractivity contribution in [3.8, 4) is 0 Å². The predicted molar refractivity (Wildman–Crippen MR) is 31.8 cm³/mol. The molecule has 0 saturated heterocycles. The maximum atomic E-state index is 10.2. The normalized spacial score (nSPS) is 11.1. The number of esters is 1. The molecule has 8 heavy (non-hydrogen) atoms. The van der Waals surface area contributed by atoms with E-state index in [0.29, 0.717) is 0 Å². The molecule has 0 heterocycles. The van der Waals surface area contributed by atoms with Crippen LogP contribution in [0.4, 0.5) is 0 Å². The molecular weight excluding hydrogens is 151 g/mol. The number of carbonyl (C=O) groups is 1. The van der Waals surface area contributed by atoms with Crippen molar-refractivity contribution in [2.45, 2.75) is 0 Å². The first-order chi connectivity index (χ1) is 3.72. The maximum absolute atomic E-state index is 10.2. The summed E-state index contributed by atoms with van der Waals surface area (Å²) in [5.41, 5.74) is 0.952. The zero-order valence-electron chi connectivity index (χ0n) is 4.15. The first-order valence-corrected chi connectivity index (χ1v) is 2.58. The van der Waals surface area contributed by atoms with E-state index in [0.717, 1.165) is 5.54 Å². The fourth-order valence-corrected chi connectivity index (χ4v) is 0.308. The first-order valence-electron chi connectivity index (χ1n) is 1.76. The lowest BCUT2D eigenvalue weighted by atomic mass is 10.6. The van der Waals surface area contributed by atoms with E-state index in [1.807, 2.05) is 0 Å². The summed E-state index contributed by atoms with van der Waals surface area (Å²) in [6.07, 6.45) is 0. The van der Waals surface area contributed by atoms with Gasteiger partial charge in [0.15, 0.2) is 0 Å². The van der Waals surface area contributed by atoms with Crippen LogP contribution in [0.1, 0.15) is 0 Å². The topological polar surface area (TPSA) is 26.3 Å². The van der Waals surface area contributed by atoms with Crippen molar-refractivity contribution >= 4 is 29.2 Å². The highest BCUT2D eigenvalue weighted by atomic mass is 35.5. The summed E-state index contributed by atoms with van der Waals surface area (Å²) in [5, 5.41) is -0.117. The Morgan fingerprint density at radius 2 is 2.25 bits per heavy atom. The molecule has 46 valence electrons. The van der Waals surface area contributed by atoms with Gasteiger partial charge in [0.25, 0.3) is 0 Å². The van der Waals surface area contributed by atoms with Gasteiger partial charge in [-0.3, -0.25) is 0 Å². The lowest BCUT2D eigenvalue weighted by Crippen LogP contribution is -1.98. The average molecular weight is 155 g/mol. The van der Waals surface area contributed by atoms with E-state index in [-0.39, 0.29) is 5.03 Å². The van der Waals surface area contributed by atoms with Gasteiger partial charge < -0.3 is 4.74 Å². The van der Waals surface area contributed by atoms with Crippen molar-refractivity contribution in [2.24, 2.45) is 0 Å². The summed E-state index contributed by atoms with van der Waals surface area (Å²) in [7, 11) is 1.23. The van der Waals surface area contributed by atoms with Crippen molar-refractivity contribution in [2.75, 3.05) is 7.11 Å². The Morgan fingerprint density at radius 3 is 2.38 bits per heavy atom. The monoisotopic (exact) mass is 154 g/mol. The summed E-state index contributed by atoms with van der Waals surface area (Å²) >= 11 is 10.2. The van der Waals surface area contributed by atoms with Crippen LogP contribution in [0, 0.1) is 0 Å². The molecule has 0 aromatic rings. The Morgan fingerprint density at radius 1 is 1.75 bits per heavy atom. The SMILES string of the molecule is COC(=O)/C(Cl)=C/Cl. The van der Waals surface area contributed by atoms with Crippen LogP contribution in [-0.2, 0) is 9.53 Å². The predicted octanol–water partition coefficient (Wildman–Crippen LogP) is 1.48. The number of methoxy groups -OCH3 is 1. The Labute approximate surface area is 57.0 Å². The lowest BCUT2D eigenvalue weighted by molar-refractivity contribution is -0.135. The van der Waals surface area contributed by atoms with Crippen LogP contribution < -0.4 is 0 Å². The summed E-state index contributed by atoms with van der Waals surface area (Å²) in [6, 6.07) is 0. The third kappa shape index (κ3) is 2.19. The van der Waals surface area contributed by atoms with Crippen LogP contribution in [-0.4, -0.2) is 13.1 Å². The zero-order chi connectivity index (χ0) is 6.57. The van der Waals surface area contributed by atoms with Gasteiger partial charge in [-0.25, -0.2) is 4.79 Å². The molecule has 0 aliphatic rings. The summed E-state index contributed by atoms with van der Waals surface area (Å²) in [6.45, 7) is 0. The second-order valence-corrected chi connectivity index (χ2v) is 1.57. The molecule has 0 spiro atoms. The summed E-state index contributed by atoms with van der Waals surface area (Å²) < 4.78 is 4.18. The summed E-state index contributed by atoms with van der Waals surface area (Å²) in [4.78, 5) is 10.2. The van der Waals surface area contributed by atoms with Crippen LogP contribution in [0.2, 0.25) is 0 Å². The average Bonchev–Trinajstić information content (AvgIpc) is 1.84. The van der Waals surface area contributed by atoms with Crippen LogP contribution >= 0.6 is 23.2 Å². The first kappa shape index (κ1) is 7.79. The van der Waals surface area contributed by atoms with Gasteiger partial charge in [-0.05, 0) is 0 Å². The van der Waals surface area contributed by atoms with Gasteiger partial charge in [0, 0.05) is 5.54 Å².